The van der Waals surface area contributed by atoms with Crippen LogP contribution in [0.1, 0.15) is 32.6 Å². The average molecular weight is 126 g/mol. The van der Waals surface area contributed by atoms with E-state index in [4.69, 9.17) is 0 Å². The van der Waals surface area contributed by atoms with Gasteiger partial charge in [0.05, 0.1) is 0 Å². The van der Waals surface area contributed by atoms with Gasteiger partial charge in [0.15, 0.2) is 0 Å². The lowest BCUT2D eigenvalue weighted by atomic mass is 10.1. The highest BCUT2D eigenvalue weighted by molar-refractivity contribution is 5.84. The Morgan fingerprint density at radius 3 is 2.44 bits per heavy atom. The zero-order valence-electron chi connectivity index (χ0n) is 6.48. The molecule has 0 spiro atoms. The molecule has 0 bridgehead atoms. The molecule has 0 unspecified atom stereocenters. The number of hydrogen-bond donors (Lipinski definition) is 0. The molecule has 0 aromatic heterocycles. The van der Waals surface area contributed by atoms with E-state index < -0.39 is 0 Å². The predicted octanol–water partition coefficient (Wildman–Crippen LogP) is 2.47. The van der Waals surface area contributed by atoms with Gasteiger partial charge in [0.1, 0.15) is 0 Å². The van der Waals surface area contributed by atoms with Crippen LogP contribution in [0, 0.1) is 6.92 Å². The molecule has 0 aromatic carbocycles. The first kappa shape index (κ1) is 8.67. The summed E-state index contributed by atoms with van der Waals surface area (Å²) in [5, 5.41) is 0. The molecule has 1 nitrogen and oxygen atoms in total. The summed E-state index contributed by atoms with van der Waals surface area (Å²) in [4.78, 5) is 4.14. The zero-order chi connectivity index (χ0) is 7.11. The summed E-state index contributed by atoms with van der Waals surface area (Å²) in [5.74, 6) is 0. The largest absolute Gasteiger partial charge is 0.297 e. The first-order valence-corrected chi connectivity index (χ1v) is 3.59. The van der Waals surface area contributed by atoms with E-state index in [1.807, 2.05) is 7.05 Å². The standard InChI is InChI=1S/C8H16N/c1-4-6-8(9-3)7-5-2/h1,4-7H2,2-3H3/b9-8-. The maximum Gasteiger partial charge on any atom is 0.0276 e. The van der Waals surface area contributed by atoms with Gasteiger partial charge in [0, 0.05) is 12.8 Å². The van der Waals surface area contributed by atoms with Crippen molar-refractivity contribution >= 4 is 5.71 Å². The number of nitrogens with zero attached hydrogens (tertiary/aromatic N) is 1. The van der Waals surface area contributed by atoms with Crippen molar-refractivity contribution in [3.8, 4) is 0 Å². The predicted molar refractivity (Wildman–Crippen MR) is 42.9 cm³/mol. The van der Waals surface area contributed by atoms with Gasteiger partial charge in [0.25, 0.3) is 0 Å². The minimum atomic E-state index is 0.979. The summed E-state index contributed by atoms with van der Waals surface area (Å²) in [7, 11) is 1.86. The quantitative estimate of drug-likeness (QED) is 0.513. The van der Waals surface area contributed by atoms with Crippen molar-refractivity contribution in [2.45, 2.75) is 32.6 Å². The van der Waals surface area contributed by atoms with Gasteiger partial charge in [-0.2, -0.15) is 0 Å². The lowest BCUT2D eigenvalue weighted by Gasteiger charge is -1.99. The molecule has 53 valence electrons. The van der Waals surface area contributed by atoms with Crippen LogP contribution in [0.4, 0.5) is 0 Å². The Labute approximate surface area is 58.2 Å². The first-order valence-electron chi connectivity index (χ1n) is 3.59. The lowest BCUT2D eigenvalue weighted by Crippen LogP contribution is -1.95. The van der Waals surface area contributed by atoms with Gasteiger partial charge in [-0.15, -0.1) is 0 Å². The molecule has 0 atom stereocenters. The summed E-state index contributed by atoms with van der Waals surface area (Å²) in [5.41, 5.74) is 1.31. The zero-order valence-corrected chi connectivity index (χ0v) is 6.48. The summed E-state index contributed by atoms with van der Waals surface area (Å²) in [6.45, 7) is 5.95. The monoisotopic (exact) mass is 126 g/mol. The van der Waals surface area contributed by atoms with Gasteiger partial charge in [-0.3, -0.25) is 4.99 Å². The van der Waals surface area contributed by atoms with Crippen LogP contribution < -0.4 is 0 Å². The maximum absolute atomic E-state index is 4.14. The van der Waals surface area contributed by atoms with E-state index in [9.17, 15) is 0 Å². The highest BCUT2D eigenvalue weighted by Crippen LogP contribution is 1.98. The molecule has 0 rings (SSSR count). The molecule has 0 aliphatic carbocycles. The smallest absolute Gasteiger partial charge is 0.0276 e. The van der Waals surface area contributed by atoms with Gasteiger partial charge >= 0.3 is 0 Å². The van der Waals surface area contributed by atoms with Crippen molar-refractivity contribution in [2.75, 3.05) is 7.05 Å². The molecule has 0 saturated heterocycles. The molecule has 0 aromatic rings. The SMILES string of the molecule is [CH2]CC/C(CCC)=N/C. The molecular weight excluding hydrogens is 110 g/mol. The highest BCUT2D eigenvalue weighted by Gasteiger charge is 1.92. The highest BCUT2D eigenvalue weighted by atomic mass is 14.7. The molecule has 1 heteroatoms. The Kier molecular flexibility index (Phi) is 5.59. The minimum absolute atomic E-state index is 0.979. The van der Waals surface area contributed by atoms with E-state index in [-0.39, 0.29) is 0 Å². The molecule has 0 N–H and O–H groups in total. The van der Waals surface area contributed by atoms with E-state index in [1.165, 1.54) is 12.1 Å². The van der Waals surface area contributed by atoms with Gasteiger partial charge in [0.2, 0.25) is 0 Å². The second-order valence-corrected chi connectivity index (χ2v) is 2.14. The Hall–Kier alpha value is -0.330. The first-order chi connectivity index (χ1) is 4.35. The molecule has 0 aliphatic heterocycles. The molecule has 9 heavy (non-hydrogen) atoms. The normalized spacial score (nSPS) is 12.1. The number of aliphatic imine (C=N–C) groups is 1. The molecule has 0 amide bonds. The second kappa shape index (κ2) is 5.80. The topological polar surface area (TPSA) is 12.4 Å². The summed E-state index contributed by atoms with van der Waals surface area (Å²) < 4.78 is 0. The van der Waals surface area contributed by atoms with E-state index in [1.54, 1.807) is 0 Å². The van der Waals surface area contributed by atoms with Crippen molar-refractivity contribution in [3.05, 3.63) is 6.92 Å². The van der Waals surface area contributed by atoms with Crippen LogP contribution in [-0.2, 0) is 0 Å². The van der Waals surface area contributed by atoms with E-state index in [0.29, 0.717) is 0 Å². The van der Waals surface area contributed by atoms with E-state index in [0.717, 1.165) is 19.3 Å². The molecule has 0 saturated carbocycles. The molecular formula is C8H16N. The van der Waals surface area contributed by atoms with Crippen molar-refractivity contribution in [2.24, 2.45) is 4.99 Å². The third kappa shape index (κ3) is 4.19. The number of rotatable bonds is 4. The van der Waals surface area contributed by atoms with E-state index in [2.05, 4.69) is 18.8 Å². The van der Waals surface area contributed by atoms with Crippen LogP contribution in [0.2, 0.25) is 0 Å². The fourth-order valence-electron chi connectivity index (χ4n) is 0.841. The summed E-state index contributed by atoms with van der Waals surface area (Å²) in [6, 6.07) is 0. The Balaban J connectivity index is 3.43. The second-order valence-electron chi connectivity index (χ2n) is 2.14. The van der Waals surface area contributed by atoms with Gasteiger partial charge in [-0.25, -0.2) is 0 Å². The van der Waals surface area contributed by atoms with Gasteiger partial charge < -0.3 is 0 Å². The lowest BCUT2D eigenvalue weighted by molar-refractivity contribution is 0.939. The van der Waals surface area contributed by atoms with Gasteiger partial charge in [-0.05, 0) is 19.3 Å². The van der Waals surface area contributed by atoms with Crippen LogP contribution in [-0.4, -0.2) is 12.8 Å². The molecule has 0 heterocycles. The molecule has 0 fully saturated rings. The minimum Gasteiger partial charge on any atom is -0.297 e. The third-order valence-corrected chi connectivity index (χ3v) is 1.32. The van der Waals surface area contributed by atoms with Crippen LogP contribution in [0.5, 0.6) is 0 Å². The van der Waals surface area contributed by atoms with Crippen LogP contribution in [0.25, 0.3) is 0 Å². The molecule has 0 aliphatic rings. The van der Waals surface area contributed by atoms with E-state index >= 15 is 0 Å². The van der Waals surface area contributed by atoms with Crippen molar-refractivity contribution < 1.29 is 0 Å². The molecule has 1 radical (unpaired) electrons. The van der Waals surface area contributed by atoms with Crippen molar-refractivity contribution in [1.82, 2.24) is 0 Å². The number of hydrogen-bond acceptors (Lipinski definition) is 1. The maximum atomic E-state index is 4.14. The summed E-state index contributed by atoms with van der Waals surface area (Å²) >= 11 is 0. The van der Waals surface area contributed by atoms with Gasteiger partial charge in [-0.1, -0.05) is 20.3 Å². The Bertz CT molecular complexity index is 76.6. The van der Waals surface area contributed by atoms with Crippen molar-refractivity contribution in [1.29, 1.82) is 0 Å². The van der Waals surface area contributed by atoms with Crippen LogP contribution >= 0.6 is 0 Å². The fourth-order valence-corrected chi connectivity index (χ4v) is 0.841. The van der Waals surface area contributed by atoms with Crippen LogP contribution in [0.15, 0.2) is 4.99 Å². The summed E-state index contributed by atoms with van der Waals surface area (Å²) in [6.07, 6.45) is 4.40. The Morgan fingerprint density at radius 1 is 1.44 bits per heavy atom. The van der Waals surface area contributed by atoms with Crippen molar-refractivity contribution in [3.63, 3.8) is 0 Å². The Morgan fingerprint density at radius 2 is 2.11 bits per heavy atom. The fraction of sp³-hybridized carbons (Fsp3) is 0.750. The van der Waals surface area contributed by atoms with Crippen LogP contribution in [0.3, 0.4) is 0 Å². The average Bonchev–Trinajstić information content (AvgIpc) is 1.88. The third-order valence-electron chi connectivity index (χ3n) is 1.32.